The fourth-order valence-electron chi connectivity index (χ4n) is 2.95. The minimum atomic E-state index is -0.210. The van der Waals surface area contributed by atoms with Crippen LogP contribution in [0.4, 0.5) is 0 Å². The van der Waals surface area contributed by atoms with E-state index in [4.69, 9.17) is 9.47 Å². The van der Waals surface area contributed by atoms with Gasteiger partial charge >= 0.3 is 5.97 Å². The molecule has 2 aliphatic heterocycles. The number of ether oxygens (including phenoxy) is 2. The first-order chi connectivity index (χ1) is 8.51. The summed E-state index contributed by atoms with van der Waals surface area (Å²) in [6, 6.07) is 0. The van der Waals surface area contributed by atoms with Gasteiger partial charge in [0.15, 0.2) is 0 Å². The van der Waals surface area contributed by atoms with Gasteiger partial charge in [-0.2, -0.15) is 0 Å². The van der Waals surface area contributed by atoms with Gasteiger partial charge in [0.25, 0.3) is 0 Å². The molecule has 3 rings (SSSR count). The lowest BCUT2D eigenvalue weighted by Crippen LogP contribution is -2.28. The van der Waals surface area contributed by atoms with Gasteiger partial charge in [-0.3, -0.25) is 0 Å². The number of hydrogen-bond acceptors (Lipinski definition) is 3. The predicted molar refractivity (Wildman–Crippen MR) is 67.1 cm³/mol. The van der Waals surface area contributed by atoms with Crippen LogP contribution in [-0.4, -0.2) is 5.97 Å². The highest BCUT2D eigenvalue weighted by Crippen LogP contribution is 2.49. The Hall–Kier alpha value is -1.77. The molecule has 0 saturated carbocycles. The van der Waals surface area contributed by atoms with E-state index in [9.17, 15) is 4.79 Å². The Morgan fingerprint density at radius 2 is 2.17 bits per heavy atom. The van der Waals surface area contributed by atoms with Crippen molar-refractivity contribution in [3.8, 4) is 0 Å². The summed E-state index contributed by atoms with van der Waals surface area (Å²) in [5.41, 5.74) is 2.83. The Balaban J connectivity index is 2.14. The lowest BCUT2D eigenvalue weighted by Gasteiger charge is -2.36. The van der Waals surface area contributed by atoms with Gasteiger partial charge in [-0.25, -0.2) is 4.79 Å². The molecule has 0 N–H and O–H groups in total. The molecule has 3 aliphatic rings. The van der Waals surface area contributed by atoms with Crippen LogP contribution >= 0.6 is 0 Å². The number of carbonyl (C=O) groups is 1. The van der Waals surface area contributed by atoms with Crippen LogP contribution in [0, 0.1) is 11.3 Å². The average Bonchev–Trinajstić information content (AvgIpc) is 2.49. The van der Waals surface area contributed by atoms with Crippen molar-refractivity contribution in [2.45, 2.75) is 27.2 Å². The van der Waals surface area contributed by atoms with Crippen LogP contribution in [0.5, 0.6) is 0 Å². The zero-order valence-electron chi connectivity index (χ0n) is 10.8. The van der Waals surface area contributed by atoms with Gasteiger partial charge in [0, 0.05) is 16.6 Å². The Bertz CT molecular complexity index is 548. The second-order valence-electron chi connectivity index (χ2n) is 5.43. The number of fused-ring (bicyclic) bond motifs is 2. The molecule has 2 heterocycles. The molecule has 0 unspecified atom stereocenters. The minimum Gasteiger partial charge on any atom is -0.473 e. The molecule has 0 radical (unpaired) electrons. The van der Waals surface area contributed by atoms with Crippen molar-refractivity contribution in [2.24, 2.45) is 11.3 Å². The summed E-state index contributed by atoms with van der Waals surface area (Å²) >= 11 is 0. The molecular formula is C15H16O3. The van der Waals surface area contributed by atoms with Crippen molar-refractivity contribution in [2.75, 3.05) is 0 Å². The Morgan fingerprint density at radius 1 is 1.39 bits per heavy atom. The summed E-state index contributed by atoms with van der Waals surface area (Å²) in [5, 5.41) is 0. The third kappa shape index (κ3) is 1.47. The Morgan fingerprint density at radius 3 is 2.94 bits per heavy atom. The average molecular weight is 244 g/mol. The summed E-state index contributed by atoms with van der Waals surface area (Å²) in [4.78, 5) is 11.6. The van der Waals surface area contributed by atoms with Gasteiger partial charge in [-0.1, -0.05) is 6.92 Å². The first kappa shape index (κ1) is 11.3. The van der Waals surface area contributed by atoms with Crippen LogP contribution in [-0.2, 0) is 14.3 Å². The molecule has 0 aromatic heterocycles. The Kier molecular flexibility index (Phi) is 2.27. The van der Waals surface area contributed by atoms with Crippen LogP contribution in [0.25, 0.3) is 0 Å². The fourth-order valence-corrected chi connectivity index (χ4v) is 2.95. The molecule has 1 aliphatic carbocycles. The lowest BCUT2D eigenvalue weighted by molar-refractivity contribution is -0.133. The van der Waals surface area contributed by atoms with Crippen molar-refractivity contribution in [1.82, 2.24) is 0 Å². The molecular weight excluding hydrogens is 228 g/mol. The summed E-state index contributed by atoms with van der Waals surface area (Å²) in [7, 11) is 0. The van der Waals surface area contributed by atoms with Crippen LogP contribution < -0.4 is 0 Å². The maximum Gasteiger partial charge on any atom is 0.339 e. The maximum absolute atomic E-state index is 11.6. The molecule has 0 fully saturated rings. The smallest absolute Gasteiger partial charge is 0.339 e. The van der Waals surface area contributed by atoms with Crippen molar-refractivity contribution in [1.29, 1.82) is 0 Å². The van der Waals surface area contributed by atoms with E-state index < -0.39 is 0 Å². The maximum atomic E-state index is 11.6. The van der Waals surface area contributed by atoms with Crippen molar-refractivity contribution >= 4 is 5.97 Å². The zero-order valence-corrected chi connectivity index (χ0v) is 10.8. The zero-order chi connectivity index (χ0) is 12.9. The van der Waals surface area contributed by atoms with Gasteiger partial charge in [0.1, 0.15) is 5.76 Å². The summed E-state index contributed by atoms with van der Waals surface area (Å²) < 4.78 is 10.7. The monoisotopic (exact) mass is 244 g/mol. The van der Waals surface area contributed by atoms with Crippen molar-refractivity contribution in [3.63, 3.8) is 0 Å². The van der Waals surface area contributed by atoms with Gasteiger partial charge < -0.3 is 9.47 Å². The second-order valence-corrected chi connectivity index (χ2v) is 5.43. The molecule has 18 heavy (non-hydrogen) atoms. The Labute approximate surface area is 106 Å². The van der Waals surface area contributed by atoms with Gasteiger partial charge in [0.05, 0.1) is 12.5 Å². The predicted octanol–water partition coefficient (Wildman–Crippen LogP) is 3.22. The molecule has 0 amide bonds. The molecule has 2 atom stereocenters. The van der Waals surface area contributed by atoms with Gasteiger partial charge in [-0.15, -0.1) is 0 Å². The quantitative estimate of drug-likeness (QED) is 0.614. The number of rotatable bonds is 0. The van der Waals surface area contributed by atoms with Crippen LogP contribution in [0.2, 0.25) is 0 Å². The SMILES string of the molecule is CC1=COC=C[C@]2(C)C=C3OC(=O)C(C)=C3C[C@@H]12. The molecule has 0 saturated heterocycles. The molecule has 0 aromatic carbocycles. The number of esters is 1. The third-order valence-corrected chi connectivity index (χ3v) is 4.17. The number of hydrogen-bond donors (Lipinski definition) is 0. The standard InChI is InChI=1S/C15H16O3/c1-9-8-17-5-4-15(3)7-13-11(6-12(9)15)10(2)14(16)18-13/h4-5,7-8,12H,6H2,1-3H3/t12-,15+/m0/s1. The van der Waals surface area contributed by atoms with E-state index >= 15 is 0 Å². The highest BCUT2D eigenvalue weighted by atomic mass is 16.5. The molecule has 0 aromatic rings. The molecule has 0 spiro atoms. The topological polar surface area (TPSA) is 35.5 Å². The first-order valence-electron chi connectivity index (χ1n) is 6.16. The summed E-state index contributed by atoms with van der Waals surface area (Å²) in [6.07, 6.45) is 8.41. The first-order valence-corrected chi connectivity index (χ1v) is 6.16. The summed E-state index contributed by atoms with van der Waals surface area (Å²) in [6.45, 7) is 6.05. The number of carbonyl (C=O) groups excluding carboxylic acids is 1. The molecule has 3 heteroatoms. The van der Waals surface area contributed by atoms with E-state index in [2.05, 4.69) is 13.8 Å². The highest BCUT2D eigenvalue weighted by Gasteiger charge is 2.42. The molecule has 0 bridgehead atoms. The van der Waals surface area contributed by atoms with E-state index in [0.717, 1.165) is 23.3 Å². The van der Waals surface area contributed by atoms with Crippen LogP contribution in [0.1, 0.15) is 27.2 Å². The van der Waals surface area contributed by atoms with E-state index in [0.29, 0.717) is 5.92 Å². The van der Waals surface area contributed by atoms with Gasteiger partial charge in [-0.05, 0) is 43.9 Å². The lowest BCUT2D eigenvalue weighted by atomic mass is 9.67. The van der Waals surface area contributed by atoms with Crippen molar-refractivity contribution < 1.29 is 14.3 Å². The largest absolute Gasteiger partial charge is 0.473 e. The normalized spacial score (nSPS) is 33.9. The fraction of sp³-hybridized carbons (Fsp3) is 0.400. The second kappa shape index (κ2) is 3.61. The third-order valence-electron chi connectivity index (χ3n) is 4.17. The summed E-state index contributed by atoms with van der Waals surface area (Å²) in [5.74, 6) is 0.841. The van der Waals surface area contributed by atoms with E-state index in [1.165, 1.54) is 5.57 Å². The minimum absolute atomic E-state index is 0.152. The highest BCUT2D eigenvalue weighted by molar-refractivity contribution is 5.94. The van der Waals surface area contributed by atoms with E-state index in [1.807, 2.05) is 19.1 Å². The van der Waals surface area contributed by atoms with E-state index in [-0.39, 0.29) is 11.4 Å². The molecule has 3 nitrogen and oxygen atoms in total. The molecule has 94 valence electrons. The van der Waals surface area contributed by atoms with Crippen LogP contribution in [0.3, 0.4) is 0 Å². The number of allylic oxidation sites excluding steroid dienone is 4. The van der Waals surface area contributed by atoms with Crippen molar-refractivity contribution in [3.05, 3.63) is 47.2 Å². The van der Waals surface area contributed by atoms with Gasteiger partial charge in [0.2, 0.25) is 0 Å². The van der Waals surface area contributed by atoms with E-state index in [1.54, 1.807) is 12.5 Å². The van der Waals surface area contributed by atoms with Crippen LogP contribution in [0.15, 0.2) is 47.2 Å².